The molecule has 0 bridgehead atoms. The number of likely N-dealkylation sites (tertiary alicyclic amines) is 1. The quantitative estimate of drug-likeness (QED) is 0.778. The molecule has 0 saturated carbocycles. The number of para-hydroxylation sites is 1. The Hall–Kier alpha value is -1.85. The molecule has 4 rings (SSSR count). The van der Waals surface area contributed by atoms with Gasteiger partial charge in [0, 0.05) is 36.5 Å². The normalized spacial score (nSPS) is 16.9. The lowest BCUT2D eigenvalue weighted by Crippen LogP contribution is -2.34. The summed E-state index contributed by atoms with van der Waals surface area (Å²) in [7, 11) is 0. The first-order chi connectivity index (χ1) is 11.7. The van der Waals surface area contributed by atoms with Crippen molar-refractivity contribution in [3.05, 3.63) is 46.7 Å². The zero-order chi connectivity index (χ0) is 16.5. The van der Waals surface area contributed by atoms with E-state index in [1.54, 1.807) is 0 Å². The van der Waals surface area contributed by atoms with Crippen molar-refractivity contribution in [2.24, 2.45) is 5.92 Å². The number of aryl methyl sites for hydroxylation is 1. The van der Waals surface area contributed by atoms with E-state index in [9.17, 15) is 0 Å². The Balaban J connectivity index is 1.36. The molecule has 0 unspecified atom stereocenters. The van der Waals surface area contributed by atoms with Gasteiger partial charge in [-0.2, -0.15) is 4.98 Å². The van der Waals surface area contributed by atoms with Gasteiger partial charge in [-0.1, -0.05) is 35.0 Å². The number of nitrogens with one attached hydrogen (secondary N) is 1. The maximum Gasteiger partial charge on any atom is 0.223 e. The minimum atomic E-state index is 0.636. The first kappa shape index (κ1) is 15.7. The van der Waals surface area contributed by atoms with Gasteiger partial charge in [0.15, 0.2) is 5.82 Å². The molecule has 1 aliphatic rings. The lowest BCUT2D eigenvalue weighted by atomic mass is 9.93. The molecule has 1 aromatic carbocycles. The number of aromatic amines is 1. The fourth-order valence-corrected chi connectivity index (χ4v) is 3.80. The van der Waals surface area contributed by atoms with Gasteiger partial charge in [-0.05, 0) is 37.9 Å². The number of nitrogens with zero attached hydrogens (tertiary/aromatic N) is 3. The standard InChI is InChI=1S/C18H21ClN4O/c1-12-20-17(22-24-12)10-13-6-8-23(9-7-13)11-16-18(19)14-4-2-3-5-15(14)21-16/h2-5,13,21H,6-11H2,1H3. The lowest BCUT2D eigenvalue weighted by molar-refractivity contribution is 0.174. The highest BCUT2D eigenvalue weighted by atomic mass is 35.5. The van der Waals surface area contributed by atoms with Crippen LogP contribution in [-0.4, -0.2) is 33.1 Å². The first-order valence-electron chi connectivity index (χ1n) is 8.45. The molecule has 3 heterocycles. The molecule has 126 valence electrons. The number of benzene rings is 1. The van der Waals surface area contributed by atoms with Crippen LogP contribution >= 0.6 is 11.6 Å². The van der Waals surface area contributed by atoms with E-state index in [0.717, 1.165) is 66.3 Å². The fraction of sp³-hybridized carbons (Fsp3) is 0.444. The highest BCUT2D eigenvalue weighted by Crippen LogP contribution is 2.29. The van der Waals surface area contributed by atoms with Crippen molar-refractivity contribution < 1.29 is 4.52 Å². The molecule has 1 aliphatic heterocycles. The molecule has 5 nitrogen and oxygen atoms in total. The molecule has 0 spiro atoms. The Kier molecular flexibility index (Phi) is 4.29. The van der Waals surface area contributed by atoms with Gasteiger partial charge in [0.1, 0.15) is 0 Å². The van der Waals surface area contributed by atoms with Crippen molar-refractivity contribution >= 4 is 22.5 Å². The second-order valence-corrected chi connectivity index (χ2v) is 6.99. The third kappa shape index (κ3) is 3.19. The summed E-state index contributed by atoms with van der Waals surface area (Å²) in [6.45, 7) is 4.87. The van der Waals surface area contributed by atoms with E-state index in [2.05, 4.69) is 32.2 Å². The highest BCUT2D eigenvalue weighted by molar-refractivity contribution is 6.36. The summed E-state index contributed by atoms with van der Waals surface area (Å²) in [6, 6.07) is 8.20. The molecule has 0 amide bonds. The van der Waals surface area contributed by atoms with Crippen LogP contribution < -0.4 is 0 Å². The highest BCUT2D eigenvalue weighted by Gasteiger charge is 2.22. The largest absolute Gasteiger partial charge is 0.356 e. The maximum absolute atomic E-state index is 6.53. The Morgan fingerprint density at radius 1 is 1.29 bits per heavy atom. The molecule has 3 aromatic rings. The average Bonchev–Trinajstić information content (AvgIpc) is 3.14. The molecule has 2 aromatic heterocycles. The van der Waals surface area contributed by atoms with Crippen LogP contribution in [-0.2, 0) is 13.0 Å². The van der Waals surface area contributed by atoms with Crippen LogP contribution in [0.25, 0.3) is 10.9 Å². The molecular formula is C18H21ClN4O. The molecule has 0 atom stereocenters. The number of H-pyrrole nitrogens is 1. The van der Waals surface area contributed by atoms with E-state index in [1.807, 2.05) is 19.1 Å². The van der Waals surface area contributed by atoms with Crippen LogP contribution in [0.15, 0.2) is 28.8 Å². The number of hydrogen-bond acceptors (Lipinski definition) is 4. The number of piperidine rings is 1. The number of hydrogen-bond donors (Lipinski definition) is 1. The molecule has 1 N–H and O–H groups in total. The van der Waals surface area contributed by atoms with Crippen LogP contribution in [0.2, 0.25) is 5.02 Å². The Morgan fingerprint density at radius 2 is 2.08 bits per heavy atom. The lowest BCUT2D eigenvalue weighted by Gasteiger charge is -2.31. The second kappa shape index (κ2) is 6.57. The number of fused-ring (bicyclic) bond motifs is 1. The van der Waals surface area contributed by atoms with Crippen molar-refractivity contribution in [1.29, 1.82) is 0 Å². The summed E-state index contributed by atoms with van der Waals surface area (Å²) in [5.41, 5.74) is 2.23. The van der Waals surface area contributed by atoms with Crippen LogP contribution in [0.1, 0.15) is 30.3 Å². The van der Waals surface area contributed by atoms with E-state index in [4.69, 9.17) is 16.1 Å². The molecule has 1 fully saturated rings. The summed E-state index contributed by atoms with van der Waals surface area (Å²) >= 11 is 6.53. The van der Waals surface area contributed by atoms with E-state index in [1.165, 1.54) is 0 Å². The zero-order valence-electron chi connectivity index (χ0n) is 13.8. The average molecular weight is 345 g/mol. The predicted molar refractivity (Wildman–Crippen MR) is 94.0 cm³/mol. The Labute approximate surface area is 146 Å². The van der Waals surface area contributed by atoms with Crippen molar-refractivity contribution in [3.8, 4) is 0 Å². The van der Waals surface area contributed by atoms with Crippen LogP contribution in [0, 0.1) is 12.8 Å². The molecule has 0 radical (unpaired) electrons. The first-order valence-corrected chi connectivity index (χ1v) is 8.83. The molecule has 24 heavy (non-hydrogen) atoms. The molecule has 1 saturated heterocycles. The topological polar surface area (TPSA) is 58.0 Å². The van der Waals surface area contributed by atoms with Crippen LogP contribution in [0.3, 0.4) is 0 Å². The van der Waals surface area contributed by atoms with Gasteiger partial charge < -0.3 is 9.51 Å². The molecule has 6 heteroatoms. The van der Waals surface area contributed by atoms with Gasteiger partial charge in [0.05, 0.1) is 5.02 Å². The van der Waals surface area contributed by atoms with Gasteiger partial charge in [-0.15, -0.1) is 0 Å². The van der Waals surface area contributed by atoms with Crippen molar-refractivity contribution in [2.75, 3.05) is 13.1 Å². The predicted octanol–water partition coefficient (Wildman–Crippen LogP) is 3.97. The van der Waals surface area contributed by atoms with E-state index in [-0.39, 0.29) is 0 Å². The van der Waals surface area contributed by atoms with Gasteiger partial charge in [-0.25, -0.2) is 0 Å². The van der Waals surface area contributed by atoms with E-state index in [0.29, 0.717) is 11.8 Å². The third-order valence-corrected chi connectivity index (χ3v) is 5.28. The number of halogens is 1. The molecular weight excluding hydrogens is 324 g/mol. The zero-order valence-corrected chi connectivity index (χ0v) is 14.5. The maximum atomic E-state index is 6.53. The Bertz CT molecular complexity index is 833. The van der Waals surface area contributed by atoms with Crippen molar-refractivity contribution in [1.82, 2.24) is 20.0 Å². The van der Waals surface area contributed by atoms with Gasteiger partial charge in [0.2, 0.25) is 5.89 Å². The molecule has 0 aliphatic carbocycles. The fourth-order valence-electron chi connectivity index (χ4n) is 3.53. The van der Waals surface area contributed by atoms with Gasteiger partial charge in [0.25, 0.3) is 0 Å². The monoisotopic (exact) mass is 344 g/mol. The summed E-state index contributed by atoms with van der Waals surface area (Å²) in [5.74, 6) is 2.12. The minimum absolute atomic E-state index is 0.636. The van der Waals surface area contributed by atoms with Crippen molar-refractivity contribution in [3.63, 3.8) is 0 Å². The van der Waals surface area contributed by atoms with Crippen LogP contribution in [0.4, 0.5) is 0 Å². The number of aromatic nitrogens is 3. The smallest absolute Gasteiger partial charge is 0.223 e. The Morgan fingerprint density at radius 3 is 2.79 bits per heavy atom. The summed E-state index contributed by atoms with van der Waals surface area (Å²) in [6.07, 6.45) is 3.23. The third-order valence-electron chi connectivity index (χ3n) is 4.84. The summed E-state index contributed by atoms with van der Waals surface area (Å²) < 4.78 is 5.06. The minimum Gasteiger partial charge on any atom is -0.356 e. The second-order valence-electron chi connectivity index (χ2n) is 6.62. The van der Waals surface area contributed by atoms with E-state index < -0.39 is 0 Å². The van der Waals surface area contributed by atoms with Gasteiger partial charge in [-0.3, -0.25) is 4.90 Å². The van der Waals surface area contributed by atoms with E-state index >= 15 is 0 Å². The SMILES string of the molecule is Cc1nc(CC2CCN(Cc3[nH]c4ccccc4c3Cl)CC2)no1. The number of rotatable bonds is 4. The van der Waals surface area contributed by atoms with Crippen molar-refractivity contribution in [2.45, 2.75) is 32.7 Å². The summed E-state index contributed by atoms with van der Waals surface area (Å²) in [4.78, 5) is 10.2. The van der Waals surface area contributed by atoms with Gasteiger partial charge >= 0.3 is 0 Å². The van der Waals surface area contributed by atoms with Crippen LogP contribution in [0.5, 0.6) is 0 Å². The summed E-state index contributed by atoms with van der Waals surface area (Å²) in [5, 5.41) is 5.97.